The molecule has 1 aliphatic heterocycles. The number of nitrogens with one attached hydrogen (secondary N) is 1. The largest absolute Gasteiger partial charge is 0.269 e. The third-order valence-corrected chi connectivity index (χ3v) is 4.70. The number of nitro groups is 1. The first-order valence-corrected chi connectivity index (χ1v) is 8.51. The molecule has 8 heteroatoms. The molecule has 2 heterocycles. The van der Waals surface area contributed by atoms with Gasteiger partial charge in [-0.25, -0.2) is 9.38 Å². The second-order valence-corrected chi connectivity index (χ2v) is 6.42. The van der Waals surface area contributed by atoms with Gasteiger partial charge in [0, 0.05) is 23.3 Å². The van der Waals surface area contributed by atoms with Gasteiger partial charge in [0.1, 0.15) is 11.5 Å². The highest BCUT2D eigenvalue weighted by atomic mass is 32.1. The zero-order valence-electron chi connectivity index (χ0n) is 13.2. The van der Waals surface area contributed by atoms with E-state index < -0.39 is 10.7 Å². The van der Waals surface area contributed by atoms with E-state index in [4.69, 9.17) is 0 Å². The Labute approximate surface area is 151 Å². The zero-order valence-corrected chi connectivity index (χ0v) is 14.0. The number of amidine groups is 1. The average molecular weight is 366 g/mol. The van der Waals surface area contributed by atoms with Gasteiger partial charge in [0.15, 0.2) is 5.84 Å². The summed E-state index contributed by atoms with van der Waals surface area (Å²) in [5.41, 5.74) is 5.07. The molecule has 4 rings (SSSR count). The van der Waals surface area contributed by atoms with E-state index in [0.29, 0.717) is 28.4 Å². The number of thiophene rings is 1. The summed E-state index contributed by atoms with van der Waals surface area (Å²) >= 11 is 1.51. The normalized spacial score (nSPS) is 13.1. The minimum atomic E-state index is -0.470. The lowest BCUT2D eigenvalue weighted by atomic mass is 10.0. The summed E-state index contributed by atoms with van der Waals surface area (Å²) in [4.78, 5) is 15.9. The zero-order chi connectivity index (χ0) is 18.1. The van der Waals surface area contributed by atoms with Crippen LogP contribution in [-0.2, 0) is 0 Å². The minimum Gasteiger partial charge on any atom is -0.260 e. The number of fused-ring (bicyclic) bond motifs is 1. The van der Waals surface area contributed by atoms with Gasteiger partial charge in [0.25, 0.3) is 5.69 Å². The number of nitro benzene ring substituents is 1. The summed E-state index contributed by atoms with van der Waals surface area (Å²) in [6.45, 7) is 0. The van der Waals surface area contributed by atoms with Crippen molar-refractivity contribution in [3.8, 4) is 0 Å². The Balaban J connectivity index is 1.84. The fraction of sp³-hybridized carbons (Fsp3) is 0. The van der Waals surface area contributed by atoms with Crippen LogP contribution in [0.3, 0.4) is 0 Å². The number of benzene rings is 2. The van der Waals surface area contributed by atoms with Crippen molar-refractivity contribution in [2.45, 2.75) is 0 Å². The van der Waals surface area contributed by atoms with Crippen molar-refractivity contribution >= 4 is 34.3 Å². The van der Waals surface area contributed by atoms with E-state index in [1.54, 1.807) is 18.2 Å². The van der Waals surface area contributed by atoms with Crippen LogP contribution in [0.1, 0.15) is 16.0 Å². The second kappa shape index (κ2) is 6.49. The Morgan fingerprint density at radius 3 is 2.62 bits per heavy atom. The van der Waals surface area contributed by atoms with Crippen LogP contribution in [-0.4, -0.2) is 16.5 Å². The van der Waals surface area contributed by atoms with Crippen molar-refractivity contribution in [2.24, 2.45) is 10.1 Å². The van der Waals surface area contributed by atoms with Gasteiger partial charge in [-0.2, -0.15) is 5.10 Å². The van der Waals surface area contributed by atoms with Crippen molar-refractivity contribution < 1.29 is 9.31 Å². The molecule has 0 fully saturated rings. The van der Waals surface area contributed by atoms with Gasteiger partial charge in [0.2, 0.25) is 0 Å². The topological polar surface area (TPSA) is 79.9 Å². The van der Waals surface area contributed by atoms with Crippen molar-refractivity contribution in [1.82, 2.24) is 5.43 Å². The molecular formula is C18H11FN4O2S. The van der Waals surface area contributed by atoms with Gasteiger partial charge < -0.3 is 0 Å². The van der Waals surface area contributed by atoms with E-state index in [1.807, 2.05) is 17.5 Å². The van der Waals surface area contributed by atoms with Crippen LogP contribution < -0.4 is 5.43 Å². The number of hydrogen-bond donors (Lipinski definition) is 1. The van der Waals surface area contributed by atoms with Crippen molar-refractivity contribution in [3.05, 3.63) is 91.9 Å². The van der Waals surface area contributed by atoms with Gasteiger partial charge in [-0.15, -0.1) is 11.3 Å². The van der Waals surface area contributed by atoms with Crippen molar-refractivity contribution in [3.63, 3.8) is 0 Å². The van der Waals surface area contributed by atoms with Crippen molar-refractivity contribution in [1.29, 1.82) is 0 Å². The van der Waals surface area contributed by atoms with Gasteiger partial charge in [-0.3, -0.25) is 15.5 Å². The molecular weight excluding hydrogens is 355 g/mol. The van der Waals surface area contributed by atoms with Gasteiger partial charge >= 0.3 is 0 Å². The van der Waals surface area contributed by atoms with Gasteiger partial charge in [-0.1, -0.05) is 6.07 Å². The fourth-order valence-electron chi connectivity index (χ4n) is 2.59. The minimum absolute atomic E-state index is 0.0223. The Bertz CT molecular complexity index is 1040. The molecule has 1 aliphatic rings. The molecule has 3 aromatic rings. The molecule has 0 aliphatic carbocycles. The molecule has 0 spiro atoms. The molecule has 0 saturated carbocycles. The first kappa shape index (κ1) is 16.1. The lowest BCUT2D eigenvalue weighted by Gasteiger charge is -2.07. The van der Waals surface area contributed by atoms with E-state index >= 15 is 0 Å². The molecule has 1 aromatic heterocycles. The summed E-state index contributed by atoms with van der Waals surface area (Å²) < 4.78 is 13.8. The van der Waals surface area contributed by atoms with Crippen LogP contribution in [0.4, 0.5) is 15.8 Å². The Morgan fingerprint density at radius 2 is 1.92 bits per heavy atom. The smallest absolute Gasteiger partial charge is 0.260 e. The third kappa shape index (κ3) is 2.98. The number of halogens is 1. The molecule has 1 N–H and O–H groups in total. The number of hydrogen-bond acceptors (Lipinski definition) is 6. The number of hydrazone groups is 1. The molecule has 2 aromatic carbocycles. The Kier molecular flexibility index (Phi) is 4.02. The van der Waals surface area contributed by atoms with Crippen LogP contribution >= 0.6 is 11.3 Å². The van der Waals surface area contributed by atoms with E-state index in [0.717, 1.165) is 4.88 Å². The SMILES string of the molecule is O=[N+]([O-])c1ccc(C2=NNC(c3cccs3)=Nc3ccc(F)cc32)cc1. The quantitative estimate of drug-likeness (QED) is 0.556. The van der Waals surface area contributed by atoms with E-state index in [-0.39, 0.29) is 5.69 Å². The number of rotatable bonds is 3. The maximum atomic E-state index is 13.8. The summed E-state index contributed by atoms with van der Waals surface area (Å²) in [5, 5.41) is 17.2. The third-order valence-electron chi connectivity index (χ3n) is 3.83. The van der Waals surface area contributed by atoms with Crippen molar-refractivity contribution in [2.75, 3.05) is 0 Å². The summed E-state index contributed by atoms with van der Waals surface area (Å²) in [6, 6.07) is 14.1. The highest BCUT2D eigenvalue weighted by Gasteiger charge is 2.19. The standard InChI is InChI=1S/C18H11FN4O2S/c19-12-5-8-15-14(10-12)17(11-3-6-13(7-4-11)23(24)25)21-22-18(20-15)16-2-1-9-26-16/h1-10H,(H,20,22). The number of nitrogens with zero attached hydrogens (tertiary/aromatic N) is 3. The highest BCUT2D eigenvalue weighted by Crippen LogP contribution is 2.27. The number of non-ortho nitro benzene ring substituents is 1. The second-order valence-electron chi connectivity index (χ2n) is 5.48. The first-order valence-electron chi connectivity index (χ1n) is 7.63. The molecule has 6 nitrogen and oxygen atoms in total. The predicted molar refractivity (Wildman–Crippen MR) is 98.8 cm³/mol. The van der Waals surface area contributed by atoms with E-state index in [2.05, 4.69) is 15.5 Å². The molecule has 0 unspecified atom stereocenters. The summed E-state index contributed by atoms with van der Waals surface area (Å²) in [6.07, 6.45) is 0. The molecule has 0 radical (unpaired) electrons. The van der Waals surface area contributed by atoms with Crippen LogP contribution in [0, 0.1) is 15.9 Å². The van der Waals surface area contributed by atoms with Gasteiger partial charge in [-0.05, 0) is 41.8 Å². The molecule has 0 atom stereocenters. The summed E-state index contributed by atoms with van der Waals surface area (Å²) in [5.74, 6) is 0.151. The predicted octanol–water partition coefficient (Wildman–Crippen LogP) is 4.23. The van der Waals surface area contributed by atoms with E-state index in [1.165, 1.54) is 35.6 Å². The van der Waals surface area contributed by atoms with Crippen LogP contribution in [0.2, 0.25) is 0 Å². The highest BCUT2D eigenvalue weighted by molar-refractivity contribution is 7.12. The monoisotopic (exact) mass is 366 g/mol. The molecule has 128 valence electrons. The van der Waals surface area contributed by atoms with Crippen LogP contribution in [0.5, 0.6) is 0 Å². The number of aliphatic imine (C=N–C) groups is 1. The average Bonchev–Trinajstić information content (AvgIpc) is 3.11. The Hall–Kier alpha value is -3.39. The Morgan fingerprint density at radius 1 is 1.12 bits per heavy atom. The van der Waals surface area contributed by atoms with Crippen LogP contribution in [0.25, 0.3) is 0 Å². The lowest BCUT2D eigenvalue weighted by Crippen LogP contribution is -2.18. The lowest BCUT2D eigenvalue weighted by molar-refractivity contribution is -0.384. The fourth-order valence-corrected chi connectivity index (χ4v) is 3.26. The molecule has 0 saturated heterocycles. The maximum absolute atomic E-state index is 13.8. The molecule has 0 bridgehead atoms. The maximum Gasteiger partial charge on any atom is 0.269 e. The first-order chi connectivity index (χ1) is 12.6. The van der Waals surface area contributed by atoms with Crippen LogP contribution in [0.15, 0.2) is 70.1 Å². The van der Waals surface area contributed by atoms with Gasteiger partial charge in [0.05, 0.1) is 15.5 Å². The molecule has 26 heavy (non-hydrogen) atoms. The molecule has 0 amide bonds. The summed E-state index contributed by atoms with van der Waals surface area (Å²) in [7, 11) is 0. The van der Waals surface area contributed by atoms with E-state index in [9.17, 15) is 14.5 Å².